The molecule has 0 aliphatic carbocycles. The second kappa shape index (κ2) is 6.76. The molecule has 2 heterocycles. The summed E-state index contributed by atoms with van der Waals surface area (Å²) >= 11 is 0. The summed E-state index contributed by atoms with van der Waals surface area (Å²) in [5, 5.41) is 0.444. The summed E-state index contributed by atoms with van der Waals surface area (Å²) in [6.07, 6.45) is 1.59. The van der Waals surface area contributed by atoms with Gasteiger partial charge in [-0.15, -0.1) is 0 Å². The van der Waals surface area contributed by atoms with Gasteiger partial charge in [-0.1, -0.05) is 24.3 Å². The quantitative estimate of drug-likeness (QED) is 0.611. The van der Waals surface area contributed by atoms with Gasteiger partial charge in [-0.2, -0.15) is 0 Å². The number of pyridine rings is 1. The highest BCUT2D eigenvalue weighted by Gasteiger charge is 2.05. The Hall–Kier alpha value is -3.54. The van der Waals surface area contributed by atoms with Crippen LogP contribution in [0, 0.1) is 5.82 Å². The minimum atomic E-state index is -0.264. The Balaban J connectivity index is 1.50. The molecule has 0 atom stereocenters. The molecule has 6 heteroatoms. The zero-order valence-corrected chi connectivity index (χ0v) is 13.6. The highest BCUT2D eigenvalue weighted by Crippen LogP contribution is 2.23. The van der Waals surface area contributed by atoms with Gasteiger partial charge in [0.15, 0.2) is 5.65 Å². The molecule has 26 heavy (non-hydrogen) atoms. The van der Waals surface area contributed by atoms with Gasteiger partial charge in [-0.25, -0.2) is 14.4 Å². The Morgan fingerprint density at radius 1 is 0.962 bits per heavy atom. The number of fused-ring (bicyclic) bond motifs is 1. The lowest BCUT2D eigenvalue weighted by atomic mass is 10.1. The van der Waals surface area contributed by atoms with Crippen LogP contribution in [0.15, 0.2) is 71.7 Å². The van der Waals surface area contributed by atoms with Crippen molar-refractivity contribution >= 4 is 11.0 Å². The monoisotopic (exact) mass is 347 g/mol. The maximum Gasteiger partial charge on any atom is 0.260 e. The first-order valence-corrected chi connectivity index (χ1v) is 8.02. The predicted octanol–water partition coefficient (Wildman–Crippen LogP) is 3.70. The molecule has 0 aliphatic heterocycles. The Labute approximate surface area is 148 Å². The van der Waals surface area contributed by atoms with Gasteiger partial charge < -0.3 is 9.72 Å². The summed E-state index contributed by atoms with van der Waals surface area (Å²) < 4.78 is 18.7. The normalized spacial score (nSPS) is 10.8. The molecule has 0 amide bonds. The van der Waals surface area contributed by atoms with E-state index >= 15 is 0 Å². The first kappa shape index (κ1) is 16.0. The average molecular weight is 347 g/mol. The third-order valence-corrected chi connectivity index (χ3v) is 3.94. The minimum absolute atomic E-state index is 0.123. The van der Waals surface area contributed by atoms with Crippen molar-refractivity contribution in [3.63, 3.8) is 0 Å². The zero-order chi connectivity index (χ0) is 17.9. The lowest BCUT2D eigenvalue weighted by molar-refractivity contribution is 0.296. The highest BCUT2D eigenvalue weighted by atomic mass is 19.1. The number of benzene rings is 2. The summed E-state index contributed by atoms with van der Waals surface area (Å²) in [6, 6.07) is 17.1. The fourth-order valence-electron chi connectivity index (χ4n) is 2.62. The van der Waals surface area contributed by atoms with Gasteiger partial charge in [0.1, 0.15) is 24.0 Å². The average Bonchev–Trinajstić information content (AvgIpc) is 2.68. The van der Waals surface area contributed by atoms with E-state index in [0.717, 1.165) is 11.1 Å². The van der Waals surface area contributed by atoms with Crippen molar-refractivity contribution < 1.29 is 9.13 Å². The lowest BCUT2D eigenvalue weighted by Crippen LogP contribution is -2.14. The standard InChI is InChI=1S/C20H14FN3O2/c21-15-7-3-13(4-8-15)14-5-9-16(10-6-14)26-12-18-23-19-17(20(25)24-18)2-1-11-22-19/h1-11H,12H2,(H,22,23,24,25). The summed E-state index contributed by atoms with van der Waals surface area (Å²) in [7, 11) is 0. The minimum Gasteiger partial charge on any atom is -0.486 e. The molecule has 5 nitrogen and oxygen atoms in total. The third-order valence-electron chi connectivity index (χ3n) is 3.94. The van der Waals surface area contributed by atoms with E-state index < -0.39 is 0 Å². The van der Waals surface area contributed by atoms with Gasteiger partial charge in [-0.3, -0.25) is 4.79 Å². The van der Waals surface area contributed by atoms with E-state index in [-0.39, 0.29) is 18.0 Å². The molecule has 0 saturated carbocycles. The van der Waals surface area contributed by atoms with Gasteiger partial charge in [-0.05, 0) is 47.5 Å². The van der Waals surface area contributed by atoms with Gasteiger partial charge >= 0.3 is 0 Å². The van der Waals surface area contributed by atoms with Gasteiger partial charge in [0.2, 0.25) is 0 Å². The van der Waals surface area contributed by atoms with Crippen LogP contribution in [0.5, 0.6) is 5.75 Å². The molecular weight excluding hydrogens is 333 g/mol. The number of hydrogen-bond donors (Lipinski definition) is 1. The first-order valence-electron chi connectivity index (χ1n) is 8.02. The number of rotatable bonds is 4. The fraction of sp³-hybridized carbons (Fsp3) is 0.0500. The van der Waals surface area contributed by atoms with Crippen LogP contribution in [0.3, 0.4) is 0 Å². The molecule has 2 aromatic carbocycles. The number of aromatic nitrogens is 3. The van der Waals surface area contributed by atoms with Crippen molar-refractivity contribution in [1.82, 2.24) is 15.0 Å². The number of ether oxygens (including phenoxy) is 1. The summed E-state index contributed by atoms with van der Waals surface area (Å²) in [5.74, 6) is 0.781. The Morgan fingerprint density at radius 2 is 1.65 bits per heavy atom. The molecule has 0 fully saturated rings. The first-order chi connectivity index (χ1) is 12.7. The van der Waals surface area contributed by atoms with Crippen LogP contribution in [-0.4, -0.2) is 15.0 Å². The van der Waals surface area contributed by atoms with Crippen LogP contribution in [0.2, 0.25) is 0 Å². The number of H-pyrrole nitrogens is 1. The van der Waals surface area contributed by atoms with E-state index in [1.165, 1.54) is 12.1 Å². The predicted molar refractivity (Wildman–Crippen MR) is 96.3 cm³/mol. The molecule has 0 aliphatic rings. The molecule has 0 unspecified atom stereocenters. The smallest absolute Gasteiger partial charge is 0.260 e. The van der Waals surface area contributed by atoms with Crippen molar-refractivity contribution in [3.05, 3.63) is 88.9 Å². The maximum absolute atomic E-state index is 13.0. The molecule has 4 rings (SSSR count). The molecule has 0 spiro atoms. The highest BCUT2D eigenvalue weighted by molar-refractivity contribution is 5.72. The van der Waals surface area contributed by atoms with Gasteiger partial charge in [0.05, 0.1) is 5.39 Å². The Bertz CT molecular complexity index is 1110. The Morgan fingerprint density at radius 3 is 2.38 bits per heavy atom. The van der Waals surface area contributed by atoms with E-state index in [0.29, 0.717) is 22.6 Å². The Kier molecular flexibility index (Phi) is 4.15. The molecule has 0 saturated heterocycles. The van der Waals surface area contributed by atoms with Crippen LogP contribution >= 0.6 is 0 Å². The second-order valence-corrected chi connectivity index (χ2v) is 5.71. The van der Waals surface area contributed by atoms with Crippen LogP contribution < -0.4 is 10.3 Å². The van der Waals surface area contributed by atoms with Crippen molar-refractivity contribution in [3.8, 4) is 16.9 Å². The third kappa shape index (κ3) is 3.30. The molecule has 0 bridgehead atoms. The maximum atomic E-state index is 13.0. The summed E-state index contributed by atoms with van der Waals surface area (Å²) in [6.45, 7) is 0.123. The second-order valence-electron chi connectivity index (χ2n) is 5.71. The summed E-state index contributed by atoms with van der Waals surface area (Å²) in [5.41, 5.74) is 2.03. The molecule has 4 aromatic rings. The molecule has 0 radical (unpaired) electrons. The number of aromatic amines is 1. The number of nitrogens with one attached hydrogen (secondary N) is 1. The van der Waals surface area contributed by atoms with Crippen molar-refractivity contribution in [2.45, 2.75) is 6.61 Å². The van der Waals surface area contributed by atoms with Gasteiger partial charge in [0, 0.05) is 6.20 Å². The molecular formula is C20H14FN3O2. The van der Waals surface area contributed by atoms with Crippen LogP contribution in [0.4, 0.5) is 4.39 Å². The fourth-order valence-corrected chi connectivity index (χ4v) is 2.62. The van der Waals surface area contributed by atoms with Crippen molar-refractivity contribution in [2.75, 3.05) is 0 Å². The van der Waals surface area contributed by atoms with Crippen LogP contribution in [0.1, 0.15) is 5.82 Å². The number of halogens is 1. The van der Waals surface area contributed by atoms with E-state index in [1.54, 1.807) is 30.5 Å². The summed E-state index contributed by atoms with van der Waals surface area (Å²) in [4.78, 5) is 23.1. The topological polar surface area (TPSA) is 67.9 Å². The van der Waals surface area contributed by atoms with Crippen LogP contribution in [-0.2, 0) is 6.61 Å². The van der Waals surface area contributed by atoms with Gasteiger partial charge in [0.25, 0.3) is 5.56 Å². The molecule has 128 valence electrons. The largest absolute Gasteiger partial charge is 0.486 e. The molecule has 1 N–H and O–H groups in total. The van der Waals surface area contributed by atoms with E-state index in [4.69, 9.17) is 4.74 Å². The van der Waals surface area contributed by atoms with Crippen molar-refractivity contribution in [1.29, 1.82) is 0 Å². The van der Waals surface area contributed by atoms with Crippen molar-refractivity contribution in [2.24, 2.45) is 0 Å². The number of nitrogens with zero attached hydrogens (tertiary/aromatic N) is 2. The molecule has 2 aromatic heterocycles. The SMILES string of the molecule is O=c1[nH]c(COc2ccc(-c3ccc(F)cc3)cc2)nc2ncccc12. The number of hydrogen-bond acceptors (Lipinski definition) is 4. The lowest BCUT2D eigenvalue weighted by Gasteiger charge is -2.07. The van der Waals surface area contributed by atoms with E-state index in [1.807, 2.05) is 24.3 Å². The zero-order valence-electron chi connectivity index (χ0n) is 13.6. The van der Waals surface area contributed by atoms with E-state index in [9.17, 15) is 9.18 Å². The van der Waals surface area contributed by atoms with Crippen LogP contribution in [0.25, 0.3) is 22.2 Å². The van der Waals surface area contributed by atoms with E-state index in [2.05, 4.69) is 15.0 Å².